The Labute approximate surface area is 107 Å². The van der Waals surface area contributed by atoms with Crippen LogP contribution in [0.25, 0.3) is 0 Å². The molecule has 2 fully saturated rings. The Morgan fingerprint density at radius 1 is 1.11 bits per heavy atom. The Bertz CT molecular complexity index is 328. The van der Waals surface area contributed by atoms with Crippen molar-refractivity contribution in [1.82, 2.24) is 10.2 Å². The fourth-order valence-corrected chi connectivity index (χ4v) is 2.82. The zero-order chi connectivity index (χ0) is 13.0. The number of nitrogens with zero attached hydrogens (tertiary/aromatic N) is 1. The highest BCUT2D eigenvalue weighted by Crippen LogP contribution is 2.27. The van der Waals surface area contributed by atoms with Crippen molar-refractivity contribution in [2.45, 2.75) is 51.4 Å². The fraction of sp³-hybridized carbons (Fsp3) is 0.769. The molecular formula is C13H20N2O3. The highest BCUT2D eigenvalue weighted by atomic mass is 16.2. The van der Waals surface area contributed by atoms with Gasteiger partial charge < -0.3 is 0 Å². The van der Waals surface area contributed by atoms with Crippen LogP contribution >= 0.6 is 0 Å². The van der Waals surface area contributed by atoms with Gasteiger partial charge in [-0.05, 0) is 18.8 Å². The summed E-state index contributed by atoms with van der Waals surface area (Å²) in [6, 6.07) is -0.556. The number of nitrogens with one attached hydrogen (secondary N) is 1. The minimum absolute atomic E-state index is 0.199. The number of carbonyl (C=O) groups excluding carboxylic acids is 3. The number of urea groups is 1. The van der Waals surface area contributed by atoms with Crippen molar-refractivity contribution in [3.8, 4) is 0 Å². The van der Waals surface area contributed by atoms with Crippen LogP contribution in [0.3, 0.4) is 0 Å². The van der Waals surface area contributed by atoms with Gasteiger partial charge in [0.15, 0.2) is 0 Å². The van der Waals surface area contributed by atoms with E-state index in [-0.39, 0.29) is 12.3 Å². The van der Waals surface area contributed by atoms with Gasteiger partial charge in [0.25, 0.3) is 0 Å². The van der Waals surface area contributed by atoms with Crippen molar-refractivity contribution in [2.75, 3.05) is 6.54 Å². The van der Waals surface area contributed by atoms with Gasteiger partial charge in [-0.1, -0.05) is 32.1 Å². The molecule has 0 aromatic rings. The Kier molecular flexibility index (Phi) is 4.33. The van der Waals surface area contributed by atoms with E-state index >= 15 is 0 Å². The third-order valence-electron chi connectivity index (χ3n) is 3.82. The second-order valence-electron chi connectivity index (χ2n) is 5.22. The lowest BCUT2D eigenvalue weighted by Gasteiger charge is -2.26. The van der Waals surface area contributed by atoms with E-state index < -0.39 is 11.9 Å². The monoisotopic (exact) mass is 252 g/mol. The number of imide groups is 2. The molecule has 0 atom stereocenters. The van der Waals surface area contributed by atoms with Crippen LogP contribution in [-0.2, 0) is 9.59 Å². The van der Waals surface area contributed by atoms with Crippen molar-refractivity contribution < 1.29 is 14.4 Å². The van der Waals surface area contributed by atoms with Crippen LogP contribution in [0.15, 0.2) is 0 Å². The summed E-state index contributed by atoms with van der Waals surface area (Å²) < 4.78 is 0. The molecule has 1 saturated heterocycles. The maximum atomic E-state index is 11.5. The number of hydrogen-bond acceptors (Lipinski definition) is 3. The molecule has 100 valence electrons. The molecule has 2 rings (SSSR count). The zero-order valence-corrected chi connectivity index (χ0v) is 10.6. The lowest BCUT2D eigenvalue weighted by molar-refractivity contribution is -0.136. The lowest BCUT2D eigenvalue weighted by Crippen LogP contribution is -2.52. The molecule has 5 heteroatoms. The molecule has 5 nitrogen and oxygen atoms in total. The summed E-state index contributed by atoms with van der Waals surface area (Å²) in [6.07, 6.45) is 8.23. The molecule has 0 aromatic carbocycles. The van der Waals surface area contributed by atoms with Crippen LogP contribution in [0.4, 0.5) is 4.79 Å². The van der Waals surface area contributed by atoms with Crippen molar-refractivity contribution in [1.29, 1.82) is 0 Å². The smallest absolute Gasteiger partial charge is 0.277 e. The third kappa shape index (κ3) is 3.31. The van der Waals surface area contributed by atoms with Gasteiger partial charge in [-0.3, -0.25) is 19.8 Å². The first-order valence-corrected chi connectivity index (χ1v) is 6.81. The van der Waals surface area contributed by atoms with Crippen LogP contribution in [0.5, 0.6) is 0 Å². The van der Waals surface area contributed by atoms with Crippen LogP contribution in [0.2, 0.25) is 0 Å². The molecule has 1 N–H and O–H groups in total. The molecule has 0 radical (unpaired) electrons. The summed E-state index contributed by atoms with van der Waals surface area (Å²) in [5, 5.41) is 2.18. The first kappa shape index (κ1) is 13.1. The molecule has 1 aliphatic carbocycles. The molecule has 0 unspecified atom stereocenters. The van der Waals surface area contributed by atoms with Gasteiger partial charge >= 0.3 is 6.03 Å². The summed E-state index contributed by atoms with van der Waals surface area (Å²) in [5.74, 6) is -0.107. The van der Waals surface area contributed by atoms with Crippen molar-refractivity contribution >= 4 is 17.8 Å². The molecule has 0 aromatic heterocycles. The fourth-order valence-electron chi connectivity index (χ4n) is 2.82. The van der Waals surface area contributed by atoms with E-state index in [0.717, 1.165) is 18.8 Å². The first-order valence-electron chi connectivity index (χ1n) is 6.81. The largest absolute Gasteiger partial charge is 0.330 e. The van der Waals surface area contributed by atoms with Crippen LogP contribution in [0.1, 0.15) is 51.4 Å². The lowest BCUT2D eigenvalue weighted by atomic mass is 9.86. The molecule has 0 bridgehead atoms. The average molecular weight is 252 g/mol. The summed E-state index contributed by atoms with van der Waals surface area (Å²) in [5.41, 5.74) is 0. The minimum atomic E-state index is -0.556. The normalized spacial score (nSPS) is 22.2. The van der Waals surface area contributed by atoms with Gasteiger partial charge in [-0.15, -0.1) is 0 Å². The van der Waals surface area contributed by atoms with E-state index in [0.29, 0.717) is 6.54 Å². The topological polar surface area (TPSA) is 66.5 Å². The number of carbonyl (C=O) groups is 3. The van der Waals surface area contributed by atoms with Gasteiger partial charge in [0.05, 0.1) is 0 Å². The maximum Gasteiger partial charge on any atom is 0.330 e. The Morgan fingerprint density at radius 2 is 1.83 bits per heavy atom. The number of barbiturate groups is 1. The number of rotatable bonds is 4. The molecule has 1 heterocycles. The number of amides is 4. The van der Waals surface area contributed by atoms with E-state index in [4.69, 9.17) is 0 Å². The van der Waals surface area contributed by atoms with Crippen molar-refractivity contribution in [2.24, 2.45) is 5.92 Å². The van der Waals surface area contributed by atoms with Gasteiger partial charge in [0.2, 0.25) is 11.8 Å². The second kappa shape index (κ2) is 5.98. The van der Waals surface area contributed by atoms with Gasteiger partial charge in [-0.2, -0.15) is 0 Å². The predicted molar refractivity (Wildman–Crippen MR) is 65.7 cm³/mol. The summed E-state index contributed by atoms with van der Waals surface area (Å²) in [4.78, 5) is 35.2. The van der Waals surface area contributed by atoms with E-state index in [1.165, 1.54) is 37.0 Å². The van der Waals surface area contributed by atoms with E-state index in [9.17, 15) is 14.4 Å². The molecule has 1 aliphatic heterocycles. The Balaban J connectivity index is 1.73. The van der Waals surface area contributed by atoms with Gasteiger partial charge in [0, 0.05) is 6.54 Å². The SMILES string of the molecule is O=C1CC(=O)N(CCCC2CCCCC2)C(=O)N1. The van der Waals surface area contributed by atoms with Gasteiger partial charge in [0.1, 0.15) is 6.42 Å². The third-order valence-corrected chi connectivity index (χ3v) is 3.82. The Morgan fingerprint density at radius 3 is 2.50 bits per heavy atom. The molecule has 2 aliphatic rings. The van der Waals surface area contributed by atoms with Crippen LogP contribution < -0.4 is 5.32 Å². The highest BCUT2D eigenvalue weighted by Gasteiger charge is 2.30. The second-order valence-corrected chi connectivity index (χ2v) is 5.22. The number of hydrogen-bond donors (Lipinski definition) is 1. The summed E-state index contributed by atoms with van der Waals surface area (Å²) in [7, 11) is 0. The van der Waals surface area contributed by atoms with Crippen molar-refractivity contribution in [3.05, 3.63) is 0 Å². The van der Waals surface area contributed by atoms with E-state index in [1.807, 2.05) is 0 Å². The quantitative estimate of drug-likeness (QED) is 0.776. The van der Waals surface area contributed by atoms with Crippen LogP contribution in [-0.4, -0.2) is 29.3 Å². The molecule has 0 spiro atoms. The maximum absolute atomic E-state index is 11.5. The molecular weight excluding hydrogens is 232 g/mol. The minimum Gasteiger partial charge on any atom is -0.277 e. The highest BCUT2D eigenvalue weighted by molar-refractivity contribution is 6.14. The molecule has 1 saturated carbocycles. The van der Waals surface area contributed by atoms with E-state index in [1.54, 1.807) is 0 Å². The van der Waals surface area contributed by atoms with Crippen LogP contribution in [0, 0.1) is 5.92 Å². The molecule has 4 amide bonds. The first-order chi connectivity index (χ1) is 8.66. The summed E-state index contributed by atoms with van der Waals surface area (Å²) >= 11 is 0. The molecule has 18 heavy (non-hydrogen) atoms. The predicted octanol–water partition coefficient (Wildman–Crippen LogP) is 1.82. The van der Waals surface area contributed by atoms with Gasteiger partial charge in [-0.25, -0.2) is 4.79 Å². The summed E-state index contributed by atoms with van der Waals surface area (Å²) in [6.45, 7) is 0.439. The Hall–Kier alpha value is -1.39. The zero-order valence-electron chi connectivity index (χ0n) is 10.6. The standard InChI is InChI=1S/C13H20N2O3/c16-11-9-12(17)15(13(18)14-11)8-4-7-10-5-2-1-3-6-10/h10H,1-9H2,(H,14,16,18). The average Bonchev–Trinajstić information content (AvgIpc) is 2.34. The van der Waals surface area contributed by atoms with E-state index in [2.05, 4.69) is 5.32 Å². The van der Waals surface area contributed by atoms with Crippen molar-refractivity contribution in [3.63, 3.8) is 0 Å².